The van der Waals surface area contributed by atoms with Gasteiger partial charge in [0.05, 0.1) is 27.5 Å². The van der Waals surface area contributed by atoms with E-state index in [1.54, 1.807) is 12.1 Å². The average molecular weight is 543 g/mol. The second-order valence-corrected chi connectivity index (χ2v) is 10.0. The maximum atomic E-state index is 12.8. The Bertz CT molecular complexity index is 1190. The first-order valence-corrected chi connectivity index (χ1v) is 12.1. The average Bonchev–Trinajstić information content (AvgIpc) is 3.47. The highest BCUT2D eigenvalue weighted by Gasteiger charge is 2.59. The van der Waals surface area contributed by atoms with Crippen LogP contribution in [0.1, 0.15) is 17.5 Å². The fraction of sp³-hybridized carbons (Fsp3) is 0.280. The third-order valence-electron chi connectivity index (χ3n) is 6.47. The Hall–Kier alpha value is -2.97. The van der Waals surface area contributed by atoms with E-state index in [4.69, 9.17) is 16.3 Å². The number of ether oxygens (including phenoxy) is 1. The number of allylic oxidation sites excluding steroid dienone is 2. The number of hydrogen-bond acceptors (Lipinski definition) is 5. The molecule has 4 atom stereocenters. The van der Waals surface area contributed by atoms with Crippen LogP contribution in [0.4, 0.5) is 5.69 Å². The molecule has 3 aliphatic rings. The molecule has 5 rings (SSSR count). The van der Waals surface area contributed by atoms with Gasteiger partial charge >= 0.3 is 0 Å². The number of rotatable bonds is 6. The van der Waals surface area contributed by atoms with Crippen LogP contribution in [0.3, 0.4) is 0 Å². The molecule has 7 nitrogen and oxygen atoms in total. The van der Waals surface area contributed by atoms with E-state index < -0.39 is 0 Å². The molecule has 2 aromatic rings. The lowest BCUT2D eigenvalue weighted by Crippen LogP contribution is -2.28. The van der Waals surface area contributed by atoms with Gasteiger partial charge in [0.2, 0.25) is 0 Å². The Kier molecular flexibility index (Phi) is 6.04. The highest BCUT2D eigenvalue weighted by molar-refractivity contribution is 9.10. The van der Waals surface area contributed by atoms with Crippen molar-refractivity contribution in [3.8, 4) is 5.75 Å². The van der Waals surface area contributed by atoms with Crippen molar-refractivity contribution in [1.82, 2.24) is 5.01 Å². The van der Waals surface area contributed by atoms with E-state index in [9.17, 15) is 14.4 Å². The van der Waals surface area contributed by atoms with Crippen molar-refractivity contribution < 1.29 is 19.1 Å². The number of nitrogens with one attached hydrogen (secondary N) is 1. The van der Waals surface area contributed by atoms with Gasteiger partial charge in [-0.3, -0.25) is 14.4 Å². The zero-order chi connectivity index (χ0) is 24.0. The van der Waals surface area contributed by atoms with E-state index in [0.717, 1.165) is 17.0 Å². The Balaban J connectivity index is 1.23. The summed E-state index contributed by atoms with van der Waals surface area (Å²) >= 11 is 9.77. The number of carbonyl (C=O) groups excluding carboxylic acids is 3. The van der Waals surface area contributed by atoms with Crippen molar-refractivity contribution in [1.29, 1.82) is 0 Å². The molecule has 1 saturated heterocycles. The van der Waals surface area contributed by atoms with Crippen LogP contribution >= 0.6 is 27.5 Å². The molecule has 3 amide bonds. The van der Waals surface area contributed by atoms with E-state index in [1.807, 2.05) is 43.3 Å². The first-order chi connectivity index (χ1) is 16.3. The lowest BCUT2D eigenvalue weighted by molar-refractivity contribution is -0.140. The zero-order valence-corrected chi connectivity index (χ0v) is 20.5. The Morgan fingerprint density at radius 3 is 2.44 bits per heavy atom. The molecule has 9 heteroatoms. The maximum Gasteiger partial charge on any atom is 0.262 e. The van der Waals surface area contributed by atoms with E-state index >= 15 is 0 Å². The predicted molar refractivity (Wildman–Crippen MR) is 132 cm³/mol. The van der Waals surface area contributed by atoms with Gasteiger partial charge in [0.15, 0.2) is 12.4 Å². The SMILES string of the molecule is Cc1ccc(NC(=O)COc2c(Cl)cc(C=NN3C(=O)[C@@H]4[C@H](C3=O)[C@H]3C=C[C@H]4C3)cc2Br)cc1. The number of benzene rings is 2. The van der Waals surface area contributed by atoms with E-state index in [1.165, 1.54) is 6.21 Å². The topological polar surface area (TPSA) is 88.1 Å². The third-order valence-corrected chi connectivity index (χ3v) is 7.34. The lowest BCUT2D eigenvalue weighted by Gasteiger charge is -2.13. The zero-order valence-electron chi connectivity index (χ0n) is 18.2. The normalized spacial score (nSPS) is 24.9. The number of nitrogens with zero attached hydrogens (tertiary/aromatic N) is 2. The van der Waals surface area contributed by atoms with Crippen molar-refractivity contribution >= 4 is 57.2 Å². The minimum absolute atomic E-state index is 0.134. The molecule has 34 heavy (non-hydrogen) atoms. The maximum absolute atomic E-state index is 12.8. The largest absolute Gasteiger partial charge is 0.481 e. The smallest absolute Gasteiger partial charge is 0.262 e. The van der Waals surface area contributed by atoms with Crippen LogP contribution in [-0.4, -0.2) is 35.6 Å². The van der Waals surface area contributed by atoms with E-state index in [-0.39, 0.29) is 53.0 Å². The standard InChI is InChI=1S/C25H21BrClN3O4/c1-13-2-6-17(7-3-13)29-20(31)12-34-23-18(26)8-14(9-19(23)27)11-28-30-24(32)21-15-4-5-16(10-15)22(21)25(30)33/h2-9,11,15-16,21-22H,10,12H2,1H3,(H,29,31)/t15-,16-,21-,22+/m0/s1. The number of hydrogen-bond donors (Lipinski definition) is 1. The van der Waals surface area contributed by atoms with Crippen molar-refractivity contribution in [3.63, 3.8) is 0 Å². The van der Waals surface area contributed by atoms with Crippen LogP contribution in [0.15, 0.2) is 58.1 Å². The van der Waals surface area contributed by atoms with Gasteiger partial charge in [-0.05, 0) is 70.9 Å². The summed E-state index contributed by atoms with van der Waals surface area (Å²) in [5, 5.41) is 8.18. The summed E-state index contributed by atoms with van der Waals surface area (Å²) < 4.78 is 6.13. The van der Waals surface area contributed by atoms with E-state index in [2.05, 4.69) is 26.3 Å². The summed E-state index contributed by atoms with van der Waals surface area (Å²) in [7, 11) is 0. The molecule has 1 aliphatic heterocycles. The van der Waals surface area contributed by atoms with Gasteiger partial charge in [0.1, 0.15) is 0 Å². The summed E-state index contributed by atoms with van der Waals surface area (Å²) in [5.74, 6) is -0.820. The van der Waals surface area contributed by atoms with Crippen molar-refractivity contribution in [2.45, 2.75) is 13.3 Å². The Morgan fingerprint density at radius 1 is 1.18 bits per heavy atom. The molecule has 2 aromatic carbocycles. The molecule has 0 unspecified atom stereocenters. The number of aryl methyl sites for hydroxylation is 1. The number of carbonyl (C=O) groups is 3. The number of hydrazone groups is 1. The summed E-state index contributed by atoms with van der Waals surface area (Å²) in [6.45, 7) is 1.74. The van der Waals surface area contributed by atoms with Crippen LogP contribution in [0.5, 0.6) is 5.75 Å². The minimum Gasteiger partial charge on any atom is -0.481 e. The second kappa shape index (κ2) is 9.00. The molecular formula is C25H21BrClN3O4. The van der Waals surface area contributed by atoms with Crippen molar-refractivity contribution in [2.75, 3.05) is 11.9 Å². The fourth-order valence-electron chi connectivity index (χ4n) is 4.89. The molecule has 2 fully saturated rings. The lowest BCUT2D eigenvalue weighted by atomic mass is 9.85. The van der Waals surface area contributed by atoms with Crippen LogP contribution in [0.2, 0.25) is 5.02 Å². The third kappa shape index (κ3) is 4.16. The van der Waals surface area contributed by atoms with Gasteiger partial charge < -0.3 is 10.1 Å². The van der Waals surface area contributed by atoms with Gasteiger partial charge in [0, 0.05) is 5.69 Å². The summed E-state index contributed by atoms with van der Waals surface area (Å²) in [6, 6.07) is 10.7. The van der Waals surface area contributed by atoms with Crippen LogP contribution in [-0.2, 0) is 14.4 Å². The number of anilines is 1. The van der Waals surface area contributed by atoms with Crippen LogP contribution in [0.25, 0.3) is 0 Å². The Morgan fingerprint density at radius 2 is 1.82 bits per heavy atom. The van der Waals surface area contributed by atoms with Gasteiger partial charge in [-0.2, -0.15) is 10.1 Å². The number of amides is 3. The summed E-state index contributed by atoms with van der Waals surface area (Å²) in [6.07, 6.45) is 6.38. The molecular weight excluding hydrogens is 522 g/mol. The fourth-order valence-corrected chi connectivity index (χ4v) is 5.88. The van der Waals surface area contributed by atoms with Gasteiger partial charge in [-0.15, -0.1) is 0 Å². The Labute approximate surface area is 209 Å². The molecule has 1 heterocycles. The first kappa shape index (κ1) is 22.8. The highest BCUT2D eigenvalue weighted by Crippen LogP contribution is 2.52. The molecule has 1 N–H and O–H groups in total. The van der Waals surface area contributed by atoms with Gasteiger partial charge in [0.25, 0.3) is 17.7 Å². The number of halogens is 2. The van der Waals surface area contributed by atoms with Gasteiger partial charge in [-0.1, -0.05) is 41.4 Å². The van der Waals surface area contributed by atoms with Crippen LogP contribution in [0, 0.1) is 30.6 Å². The quantitative estimate of drug-likeness (QED) is 0.329. The molecule has 174 valence electrons. The van der Waals surface area contributed by atoms with Crippen LogP contribution < -0.4 is 10.1 Å². The second-order valence-electron chi connectivity index (χ2n) is 8.75. The summed E-state index contributed by atoms with van der Waals surface area (Å²) in [5.41, 5.74) is 2.35. The molecule has 0 radical (unpaired) electrons. The van der Waals surface area contributed by atoms with Gasteiger partial charge in [-0.25, -0.2) is 0 Å². The van der Waals surface area contributed by atoms with E-state index in [0.29, 0.717) is 21.5 Å². The minimum atomic E-state index is -0.322. The number of imide groups is 1. The highest BCUT2D eigenvalue weighted by atomic mass is 79.9. The molecule has 0 aromatic heterocycles. The number of fused-ring (bicyclic) bond motifs is 5. The summed E-state index contributed by atoms with van der Waals surface area (Å²) in [4.78, 5) is 37.7. The molecule has 2 bridgehead atoms. The van der Waals surface area contributed by atoms with Crippen molar-refractivity contribution in [3.05, 3.63) is 69.2 Å². The molecule has 0 spiro atoms. The molecule has 2 aliphatic carbocycles. The first-order valence-electron chi connectivity index (χ1n) is 10.9. The molecule has 1 saturated carbocycles. The van der Waals surface area contributed by atoms with Crippen molar-refractivity contribution in [2.24, 2.45) is 28.8 Å². The predicted octanol–water partition coefficient (Wildman–Crippen LogP) is 4.57. The monoisotopic (exact) mass is 541 g/mol.